The van der Waals surface area contributed by atoms with Crippen LogP contribution in [0.5, 0.6) is 5.75 Å². The van der Waals surface area contributed by atoms with E-state index in [-0.39, 0.29) is 15.7 Å². The maximum atomic E-state index is 12.4. The Morgan fingerprint density at radius 3 is 2.35 bits per heavy atom. The van der Waals surface area contributed by atoms with Gasteiger partial charge in [-0.05, 0) is 29.8 Å². The van der Waals surface area contributed by atoms with Gasteiger partial charge in [0.2, 0.25) is 0 Å². The number of sulfone groups is 1. The van der Waals surface area contributed by atoms with E-state index < -0.39 is 9.84 Å². The number of hydrogen-bond donors (Lipinski definition) is 0. The van der Waals surface area contributed by atoms with Crippen molar-refractivity contribution in [3.8, 4) is 5.75 Å². The molecule has 106 valence electrons. The van der Waals surface area contributed by atoms with Crippen molar-refractivity contribution < 1.29 is 13.2 Å². The van der Waals surface area contributed by atoms with E-state index in [1.165, 1.54) is 13.2 Å². The van der Waals surface area contributed by atoms with Gasteiger partial charge in [0.25, 0.3) is 0 Å². The average molecular weight is 331 g/mol. The Morgan fingerprint density at radius 1 is 1.05 bits per heavy atom. The van der Waals surface area contributed by atoms with Crippen LogP contribution in [-0.4, -0.2) is 15.5 Å². The van der Waals surface area contributed by atoms with E-state index in [1.807, 2.05) is 0 Å². The summed E-state index contributed by atoms with van der Waals surface area (Å²) in [6.07, 6.45) is 0. The molecule has 0 aliphatic rings. The van der Waals surface area contributed by atoms with Gasteiger partial charge in [0.15, 0.2) is 9.84 Å². The van der Waals surface area contributed by atoms with Gasteiger partial charge in [0, 0.05) is 5.02 Å². The van der Waals surface area contributed by atoms with E-state index in [0.717, 1.165) is 0 Å². The van der Waals surface area contributed by atoms with Crippen LogP contribution < -0.4 is 4.74 Å². The third-order valence-electron chi connectivity index (χ3n) is 2.78. The molecule has 0 bridgehead atoms. The average Bonchev–Trinajstić information content (AvgIpc) is 2.41. The molecule has 0 spiro atoms. The van der Waals surface area contributed by atoms with Crippen LogP contribution in [0.4, 0.5) is 0 Å². The number of rotatable bonds is 4. The van der Waals surface area contributed by atoms with Crippen LogP contribution in [0.15, 0.2) is 47.4 Å². The van der Waals surface area contributed by atoms with Crippen LogP contribution in [0.2, 0.25) is 10.0 Å². The van der Waals surface area contributed by atoms with Gasteiger partial charge in [-0.3, -0.25) is 0 Å². The molecule has 0 amide bonds. The molecule has 0 radical (unpaired) electrons. The normalized spacial score (nSPS) is 11.3. The fourth-order valence-electron chi connectivity index (χ4n) is 1.75. The Labute approximate surface area is 128 Å². The lowest BCUT2D eigenvalue weighted by molar-refractivity contribution is 0.414. The molecule has 0 aliphatic carbocycles. The predicted octanol–water partition coefficient (Wildman–Crippen LogP) is 3.98. The molecule has 0 aromatic heterocycles. The first kappa shape index (κ1) is 15.2. The number of methoxy groups -OCH3 is 1. The van der Waals surface area contributed by atoms with Gasteiger partial charge >= 0.3 is 0 Å². The van der Waals surface area contributed by atoms with E-state index in [2.05, 4.69) is 0 Å². The van der Waals surface area contributed by atoms with Gasteiger partial charge in [-0.25, -0.2) is 8.42 Å². The molecule has 20 heavy (non-hydrogen) atoms. The van der Waals surface area contributed by atoms with Gasteiger partial charge in [0.1, 0.15) is 5.75 Å². The van der Waals surface area contributed by atoms with E-state index in [9.17, 15) is 8.42 Å². The second kappa shape index (κ2) is 6.04. The van der Waals surface area contributed by atoms with Crippen molar-refractivity contribution in [3.63, 3.8) is 0 Å². The summed E-state index contributed by atoms with van der Waals surface area (Å²) in [6.45, 7) is 0. The molecule has 0 saturated carbocycles. The Balaban J connectivity index is 2.36. The van der Waals surface area contributed by atoms with E-state index in [1.54, 1.807) is 36.4 Å². The minimum atomic E-state index is -3.54. The van der Waals surface area contributed by atoms with Crippen molar-refractivity contribution in [2.75, 3.05) is 7.11 Å². The molecule has 2 aromatic carbocycles. The van der Waals surface area contributed by atoms with Gasteiger partial charge in [0.05, 0.1) is 22.8 Å². The summed E-state index contributed by atoms with van der Waals surface area (Å²) < 4.78 is 29.7. The first-order valence-electron chi connectivity index (χ1n) is 5.74. The molecule has 2 aromatic rings. The van der Waals surface area contributed by atoms with Gasteiger partial charge in [-0.1, -0.05) is 41.4 Å². The van der Waals surface area contributed by atoms with E-state index in [0.29, 0.717) is 16.3 Å². The molecule has 6 heteroatoms. The zero-order chi connectivity index (χ0) is 14.8. The van der Waals surface area contributed by atoms with Crippen molar-refractivity contribution in [1.82, 2.24) is 0 Å². The van der Waals surface area contributed by atoms with Crippen molar-refractivity contribution in [2.24, 2.45) is 0 Å². The molecular formula is C14H12Cl2O3S. The Hall–Kier alpha value is -1.23. The summed E-state index contributed by atoms with van der Waals surface area (Å²) in [4.78, 5) is 0.105. The summed E-state index contributed by atoms with van der Waals surface area (Å²) in [6, 6.07) is 11.2. The summed E-state index contributed by atoms with van der Waals surface area (Å²) in [5.41, 5.74) is 0.507. The highest BCUT2D eigenvalue weighted by Crippen LogP contribution is 2.28. The first-order chi connectivity index (χ1) is 9.44. The smallest absolute Gasteiger partial charge is 0.184 e. The number of halogens is 2. The maximum absolute atomic E-state index is 12.4. The van der Waals surface area contributed by atoms with Gasteiger partial charge in [-0.2, -0.15) is 0 Å². The Bertz CT molecular complexity index is 727. The SMILES string of the molecule is COc1ccc(CS(=O)(=O)c2ccccc2Cl)c(Cl)c1. The minimum Gasteiger partial charge on any atom is -0.497 e. The fourth-order valence-corrected chi connectivity index (χ4v) is 4.02. The number of ether oxygens (including phenoxy) is 1. The van der Waals surface area contributed by atoms with Crippen LogP contribution in [0.1, 0.15) is 5.56 Å². The standard InChI is InChI=1S/C14H12Cl2O3S/c1-19-11-7-6-10(13(16)8-11)9-20(17,18)14-5-3-2-4-12(14)15/h2-8H,9H2,1H3. The second-order valence-electron chi connectivity index (χ2n) is 4.15. The van der Waals surface area contributed by atoms with Crippen LogP contribution in [0.3, 0.4) is 0 Å². The maximum Gasteiger partial charge on any atom is 0.184 e. The highest BCUT2D eigenvalue weighted by atomic mass is 35.5. The summed E-state index contributed by atoms with van der Waals surface area (Å²) in [5, 5.41) is 0.553. The molecule has 2 rings (SSSR count). The fraction of sp³-hybridized carbons (Fsp3) is 0.143. The molecular weight excluding hydrogens is 319 g/mol. The Kier molecular flexibility index (Phi) is 4.58. The lowest BCUT2D eigenvalue weighted by Gasteiger charge is -2.09. The lowest BCUT2D eigenvalue weighted by Crippen LogP contribution is -2.06. The molecule has 0 aliphatic heterocycles. The zero-order valence-electron chi connectivity index (χ0n) is 10.6. The minimum absolute atomic E-state index is 0.105. The van der Waals surface area contributed by atoms with Crippen molar-refractivity contribution in [3.05, 3.63) is 58.1 Å². The largest absolute Gasteiger partial charge is 0.497 e. The summed E-state index contributed by atoms with van der Waals surface area (Å²) >= 11 is 12.0. The van der Waals surface area contributed by atoms with Crippen molar-refractivity contribution in [1.29, 1.82) is 0 Å². The van der Waals surface area contributed by atoms with Gasteiger partial charge in [-0.15, -0.1) is 0 Å². The Morgan fingerprint density at radius 2 is 1.75 bits per heavy atom. The number of benzene rings is 2. The summed E-state index contributed by atoms with van der Waals surface area (Å²) in [7, 11) is -2.02. The van der Waals surface area contributed by atoms with E-state index in [4.69, 9.17) is 27.9 Å². The first-order valence-corrected chi connectivity index (χ1v) is 8.14. The van der Waals surface area contributed by atoms with Crippen LogP contribution in [0.25, 0.3) is 0 Å². The predicted molar refractivity (Wildman–Crippen MR) is 80.3 cm³/mol. The second-order valence-corrected chi connectivity index (χ2v) is 6.92. The van der Waals surface area contributed by atoms with Gasteiger partial charge < -0.3 is 4.74 Å². The van der Waals surface area contributed by atoms with Crippen LogP contribution >= 0.6 is 23.2 Å². The highest BCUT2D eigenvalue weighted by molar-refractivity contribution is 7.90. The zero-order valence-corrected chi connectivity index (χ0v) is 13.0. The highest BCUT2D eigenvalue weighted by Gasteiger charge is 2.19. The molecule has 0 fully saturated rings. The van der Waals surface area contributed by atoms with E-state index >= 15 is 0 Å². The third-order valence-corrected chi connectivity index (χ3v) is 5.29. The van der Waals surface area contributed by atoms with Crippen LogP contribution in [0, 0.1) is 0 Å². The lowest BCUT2D eigenvalue weighted by atomic mass is 10.2. The number of hydrogen-bond acceptors (Lipinski definition) is 3. The molecule has 0 N–H and O–H groups in total. The monoisotopic (exact) mass is 330 g/mol. The molecule has 0 saturated heterocycles. The topological polar surface area (TPSA) is 43.4 Å². The molecule has 0 heterocycles. The molecule has 3 nitrogen and oxygen atoms in total. The van der Waals surface area contributed by atoms with Crippen LogP contribution in [-0.2, 0) is 15.6 Å². The van der Waals surface area contributed by atoms with Crippen molar-refractivity contribution >= 4 is 33.0 Å². The summed E-state index contributed by atoms with van der Waals surface area (Å²) in [5.74, 6) is 0.369. The molecule has 0 atom stereocenters. The third kappa shape index (κ3) is 3.26. The van der Waals surface area contributed by atoms with Crippen molar-refractivity contribution in [2.45, 2.75) is 10.6 Å². The molecule has 0 unspecified atom stereocenters. The quantitative estimate of drug-likeness (QED) is 0.851.